The molecule has 6 rings (SSSR count). The zero-order chi connectivity index (χ0) is 29.1. The highest BCUT2D eigenvalue weighted by atomic mass is 32.2. The molecule has 0 atom stereocenters. The normalized spacial score (nSPS) is 10.5. The minimum Gasteiger partial charge on any atom is -0.550 e. The van der Waals surface area contributed by atoms with Crippen molar-refractivity contribution in [2.75, 3.05) is 0 Å². The van der Waals surface area contributed by atoms with Crippen molar-refractivity contribution in [3.63, 3.8) is 0 Å². The van der Waals surface area contributed by atoms with Gasteiger partial charge in [0.25, 0.3) is 0 Å². The van der Waals surface area contributed by atoms with Crippen LogP contribution in [0.1, 0.15) is 13.3 Å². The van der Waals surface area contributed by atoms with Crippen LogP contribution in [0.15, 0.2) is 178 Å². The molecule has 0 aromatic heterocycles. The van der Waals surface area contributed by atoms with Gasteiger partial charge < -0.3 is 9.90 Å². The van der Waals surface area contributed by atoms with Gasteiger partial charge in [0.1, 0.15) is 10.9 Å². The second-order valence-electron chi connectivity index (χ2n) is 9.66. The third-order valence-electron chi connectivity index (χ3n) is 6.82. The summed E-state index contributed by atoms with van der Waals surface area (Å²) in [5, 5.41) is 9.26. The molecule has 0 radical (unpaired) electrons. The summed E-state index contributed by atoms with van der Waals surface area (Å²) in [5.41, 5.74) is 7.47. The molecule has 0 saturated carbocycles. The summed E-state index contributed by atoms with van der Waals surface area (Å²) in [6.07, 6.45) is 0.111. The highest BCUT2D eigenvalue weighted by Gasteiger charge is 2.35. The molecule has 0 aliphatic carbocycles. The molecule has 6 aromatic rings. The van der Waals surface area contributed by atoms with Gasteiger partial charge in [-0.05, 0) is 65.1 Å². The topological polar surface area (TPSA) is 40.1 Å². The Morgan fingerprint density at radius 2 is 0.810 bits per heavy atom. The van der Waals surface area contributed by atoms with Crippen molar-refractivity contribution in [1.29, 1.82) is 0 Å². The fourth-order valence-corrected chi connectivity index (χ4v) is 7.19. The Hall–Kier alpha value is -4.86. The molecule has 0 aliphatic heterocycles. The summed E-state index contributed by atoms with van der Waals surface area (Å²) in [7, 11) is -0.303. The number of carboxylic acids is 1. The smallest absolute Gasteiger partial charge is 0.182 e. The Morgan fingerprint density at radius 1 is 0.500 bits per heavy atom. The number of carbonyl (C=O) groups excluding carboxylic acids is 1. The maximum Gasteiger partial charge on any atom is 0.182 e. The van der Waals surface area contributed by atoms with Crippen molar-refractivity contribution in [3.8, 4) is 33.4 Å². The molecule has 0 aliphatic rings. The van der Waals surface area contributed by atoms with Gasteiger partial charge in [-0.2, -0.15) is 0 Å². The first-order valence-electron chi connectivity index (χ1n) is 14.0. The molecule has 3 heteroatoms. The molecule has 0 N–H and O–H groups in total. The number of carboxylic acid groups (broad SMARTS) is 1. The van der Waals surface area contributed by atoms with Gasteiger partial charge in [0.2, 0.25) is 0 Å². The van der Waals surface area contributed by atoms with Gasteiger partial charge in [-0.1, -0.05) is 134 Å². The predicted octanol–water partition coefficient (Wildman–Crippen LogP) is 8.93. The van der Waals surface area contributed by atoms with E-state index in [0.29, 0.717) is 0 Å². The molecule has 0 fully saturated rings. The second-order valence-corrected chi connectivity index (χ2v) is 11.6. The number of hydrogen-bond acceptors (Lipinski definition) is 2. The third kappa shape index (κ3) is 6.88. The largest absolute Gasteiger partial charge is 0.550 e. The summed E-state index contributed by atoms with van der Waals surface area (Å²) >= 11 is 0. The first-order chi connectivity index (χ1) is 20.7. The molecule has 0 amide bonds. The molecule has 42 heavy (non-hydrogen) atoms. The lowest BCUT2D eigenvalue weighted by atomic mass is 9.93. The van der Waals surface area contributed by atoms with Crippen molar-refractivity contribution >= 4 is 16.9 Å². The molecule has 6 aromatic carbocycles. The van der Waals surface area contributed by atoms with Crippen LogP contribution in [0.25, 0.3) is 33.4 Å². The molecule has 0 spiro atoms. The summed E-state index contributed by atoms with van der Waals surface area (Å²) in [6.45, 7) is 1.54. The average molecular weight is 565 g/mol. The van der Waals surface area contributed by atoms with Gasteiger partial charge in [-0.15, -0.1) is 0 Å². The zero-order valence-corrected chi connectivity index (χ0v) is 24.3. The fourth-order valence-electron chi connectivity index (χ4n) is 4.80. The number of hydrogen-bond donors (Lipinski definition) is 0. The van der Waals surface area contributed by atoms with Crippen LogP contribution in [0.5, 0.6) is 0 Å². The Morgan fingerprint density at radius 3 is 1.14 bits per heavy atom. The number of rotatable bonds is 7. The summed E-state index contributed by atoms with van der Waals surface area (Å²) < 4.78 is 0. The van der Waals surface area contributed by atoms with E-state index in [-0.39, 0.29) is 17.3 Å². The van der Waals surface area contributed by atoms with Crippen LogP contribution >= 0.6 is 0 Å². The lowest BCUT2D eigenvalue weighted by Crippen LogP contribution is -2.19. The summed E-state index contributed by atoms with van der Waals surface area (Å²) in [4.78, 5) is 13.2. The first-order valence-corrected chi connectivity index (χ1v) is 15.3. The van der Waals surface area contributed by atoms with Crippen LogP contribution in [-0.4, -0.2) is 5.97 Å². The number of aliphatic carboxylic acids is 1. The maximum absolute atomic E-state index is 9.26. The van der Waals surface area contributed by atoms with Crippen molar-refractivity contribution in [2.45, 2.75) is 28.0 Å². The van der Waals surface area contributed by atoms with Crippen LogP contribution in [0, 0.1) is 0 Å². The molecule has 0 unspecified atom stereocenters. The Bertz CT molecular complexity index is 1600. The van der Waals surface area contributed by atoms with E-state index in [2.05, 4.69) is 164 Å². The van der Waals surface area contributed by atoms with Gasteiger partial charge in [0, 0.05) is 17.1 Å². The van der Waals surface area contributed by atoms with Crippen LogP contribution in [0.3, 0.4) is 0 Å². The van der Waals surface area contributed by atoms with E-state index in [1.165, 1.54) is 55.0 Å². The summed E-state index contributed by atoms with van der Waals surface area (Å²) in [5.74, 6) is -0.995. The van der Waals surface area contributed by atoms with Crippen molar-refractivity contribution < 1.29 is 9.90 Å². The Kier molecular flexibility index (Phi) is 9.66. The lowest BCUT2D eigenvalue weighted by Gasteiger charge is -2.19. The van der Waals surface area contributed by atoms with Gasteiger partial charge in [-0.25, -0.2) is 0 Å². The fraction of sp³-hybridized carbons (Fsp3) is 0.0513. The molecule has 0 bridgehead atoms. The van der Waals surface area contributed by atoms with E-state index >= 15 is 0 Å². The van der Waals surface area contributed by atoms with E-state index in [4.69, 9.17) is 0 Å². The van der Waals surface area contributed by atoms with Crippen LogP contribution in [0.2, 0.25) is 0 Å². The van der Waals surface area contributed by atoms with Crippen LogP contribution in [-0.2, 0) is 15.7 Å². The standard InChI is InChI=1S/C36H27S.C3H6O2/c1-6-16-28(17-7-1)31-26-34(29-18-8-2-9-19-29)36(35(27-31)30-20-10-3-11-21-30)37(32-22-12-4-13-23-32)33-24-14-5-15-25-33;1-2-3(4)5/h1-27H;2H2,1H3,(H,4,5)/q+1;/p-1. The average Bonchev–Trinajstić information content (AvgIpc) is 3.07. The molecule has 0 heterocycles. The highest BCUT2D eigenvalue weighted by molar-refractivity contribution is 7.97. The monoisotopic (exact) mass is 564 g/mol. The van der Waals surface area contributed by atoms with Crippen molar-refractivity contribution in [1.82, 2.24) is 0 Å². The van der Waals surface area contributed by atoms with E-state index in [1.807, 2.05) is 0 Å². The van der Waals surface area contributed by atoms with E-state index in [0.717, 1.165) is 0 Å². The van der Waals surface area contributed by atoms with Gasteiger partial charge in [0.15, 0.2) is 14.7 Å². The quantitative estimate of drug-likeness (QED) is 0.182. The number of carbonyl (C=O) groups is 1. The van der Waals surface area contributed by atoms with E-state index in [9.17, 15) is 9.90 Å². The highest BCUT2D eigenvalue weighted by Crippen LogP contribution is 2.45. The zero-order valence-electron chi connectivity index (χ0n) is 23.5. The molecular formula is C39H32O2S. The van der Waals surface area contributed by atoms with E-state index in [1.54, 1.807) is 0 Å². The maximum atomic E-state index is 9.26. The molecule has 2 nitrogen and oxygen atoms in total. The second kappa shape index (κ2) is 14.2. The summed E-state index contributed by atoms with van der Waals surface area (Å²) in [6, 6.07) is 59.1. The molecule has 0 saturated heterocycles. The van der Waals surface area contributed by atoms with Crippen LogP contribution < -0.4 is 5.11 Å². The molecule has 206 valence electrons. The Labute approximate surface area is 251 Å². The van der Waals surface area contributed by atoms with Crippen LogP contribution in [0.4, 0.5) is 0 Å². The van der Waals surface area contributed by atoms with Gasteiger partial charge in [0.05, 0.1) is 0 Å². The minimum atomic E-state index is -0.995. The predicted molar refractivity (Wildman–Crippen MR) is 173 cm³/mol. The van der Waals surface area contributed by atoms with E-state index < -0.39 is 5.97 Å². The Balaban J connectivity index is 0.000000652. The minimum absolute atomic E-state index is 0.111. The lowest BCUT2D eigenvalue weighted by molar-refractivity contribution is -0.305. The third-order valence-corrected chi connectivity index (χ3v) is 9.15. The van der Waals surface area contributed by atoms with Crippen molar-refractivity contribution in [3.05, 3.63) is 164 Å². The SMILES string of the molecule is CCC(=O)[O-].c1ccc(-c2cc(-c3ccccc3)c([S+](c3ccccc3)c3ccccc3)c(-c3ccccc3)c2)cc1. The van der Waals surface area contributed by atoms with Crippen molar-refractivity contribution in [2.24, 2.45) is 0 Å². The number of benzene rings is 6. The van der Waals surface area contributed by atoms with Gasteiger partial charge >= 0.3 is 0 Å². The molecular weight excluding hydrogens is 532 g/mol. The first kappa shape index (κ1) is 28.7. The van der Waals surface area contributed by atoms with Gasteiger partial charge in [-0.3, -0.25) is 0 Å².